The Morgan fingerprint density at radius 1 is 1.43 bits per heavy atom. The van der Waals surface area contributed by atoms with Crippen LogP contribution in [0.4, 0.5) is 0 Å². The number of rotatable bonds is 3. The van der Waals surface area contributed by atoms with Crippen molar-refractivity contribution in [2.24, 2.45) is 0 Å². The normalized spacial score (nSPS) is 10.1. The molecule has 0 bridgehead atoms. The summed E-state index contributed by atoms with van der Waals surface area (Å²) >= 11 is 1.50. The molecule has 2 nitrogen and oxygen atoms in total. The Balaban J connectivity index is 2.24. The smallest absolute Gasteiger partial charge is 0.152 e. The van der Waals surface area contributed by atoms with Crippen molar-refractivity contribution in [3.8, 4) is 5.75 Å². The molecule has 3 heteroatoms. The average molecular weight is 204 g/mol. The molecule has 0 N–H and O–H groups in total. The van der Waals surface area contributed by atoms with E-state index in [0.717, 1.165) is 23.4 Å². The summed E-state index contributed by atoms with van der Waals surface area (Å²) in [6.07, 6.45) is 0.810. The maximum Gasteiger partial charge on any atom is 0.152 e. The summed E-state index contributed by atoms with van der Waals surface area (Å²) in [6, 6.07) is 7.99. The van der Waals surface area contributed by atoms with E-state index in [2.05, 4.69) is 16.6 Å². The number of para-hydroxylation sites is 1. The van der Waals surface area contributed by atoms with Gasteiger partial charge in [-0.1, -0.05) is 18.2 Å². The van der Waals surface area contributed by atoms with Gasteiger partial charge in [0.15, 0.2) is 5.51 Å². The molecule has 0 aliphatic carbocycles. The van der Waals surface area contributed by atoms with Crippen molar-refractivity contribution in [3.05, 3.63) is 46.4 Å². The third-order valence-electron chi connectivity index (χ3n) is 2.00. The van der Waals surface area contributed by atoms with Gasteiger partial charge in [0.2, 0.25) is 0 Å². The SMILES string of the molecule is COc1ccccc1Cc1cs[c]n1. The van der Waals surface area contributed by atoms with Crippen LogP contribution in [0.3, 0.4) is 0 Å². The first-order valence-corrected chi connectivity index (χ1v) is 5.20. The Labute approximate surface area is 87.2 Å². The molecule has 1 aromatic heterocycles. The Bertz CT molecular complexity index is 397. The molecule has 1 aromatic carbocycles. The van der Waals surface area contributed by atoms with E-state index in [9.17, 15) is 0 Å². The third-order valence-corrected chi connectivity index (χ3v) is 2.59. The zero-order valence-corrected chi connectivity index (χ0v) is 8.67. The lowest BCUT2D eigenvalue weighted by Gasteiger charge is -2.05. The maximum atomic E-state index is 5.26. The number of methoxy groups -OCH3 is 1. The predicted molar refractivity (Wildman–Crippen MR) is 56.8 cm³/mol. The van der Waals surface area contributed by atoms with Gasteiger partial charge < -0.3 is 4.74 Å². The molecule has 0 aliphatic rings. The van der Waals surface area contributed by atoms with Crippen molar-refractivity contribution in [2.75, 3.05) is 7.11 Å². The summed E-state index contributed by atoms with van der Waals surface area (Å²) in [6.45, 7) is 0. The molecule has 14 heavy (non-hydrogen) atoms. The van der Waals surface area contributed by atoms with Crippen LogP contribution < -0.4 is 4.74 Å². The summed E-state index contributed by atoms with van der Waals surface area (Å²) in [5.41, 5.74) is 5.04. The minimum Gasteiger partial charge on any atom is -0.496 e. The summed E-state index contributed by atoms with van der Waals surface area (Å²) in [5, 5.41) is 2.01. The lowest BCUT2D eigenvalue weighted by Crippen LogP contribution is -1.93. The van der Waals surface area contributed by atoms with Crippen molar-refractivity contribution in [1.29, 1.82) is 0 Å². The van der Waals surface area contributed by atoms with E-state index in [1.54, 1.807) is 7.11 Å². The molecule has 2 aromatic rings. The van der Waals surface area contributed by atoms with Crippen molar-refractivity contribution in [3.63, 3.8) is 0 Å². The maximum absolute atomic E-state index is 5.26. The highest BCUT2D eigenvalue weighted by molar-refractivity contribution is 7.07. The predicted octanol–water partition coefficient (Wildman–Crippen LogP) is 2.54. The van der Waals surface area contributed by atoms with Crippen LogP contribution in [-0.4, -0.2) is 12.1 Å². The van der Waals surface area contributed by atoms with Gasteiger partial charge in [-0.25, -0.2) is 4.98 Å². The fourth-order valence-electron chi connectivity index (χ4n) is 1.33. The van der Waals surface area contributed by atoms with Gasteiger partial charge in [0.25, 0.3) is 0 Å². The van der Waals surface area contributed by atoms with Crippen LogP contribution in [0.2, 0.25) is 0 Å². The highest BCUT2D eigenvalue weighted by atomic mass is 32.1. The van der Waals surface area contributed by atoms with E-state index in [1.165, 1.54) is 11.3 Å². The number of hydrogen-bond acceptors (Lipinski definition) is 3. The van der Waals surface area contributed by atoms with Gasteiger partial charge in [0.05, 0.1) is 12.8 Å². The van der Waals surface area contributed by atoms with E-state index >= 15 is 0 Å². The van der Waals surface area contributed by atoms with E-state index < -0.39 is 0 Å². The van der Waals surface area contributed by atoms with Gasteiger partial charge in [-0.05, 0) is 6.07 Å². The van der Waals surface area contributed by atoms with Gasteiger partial charge in [-0.2, -0.15) is 0 Å². The molecule has 71 valence electrons. The van der Waals surface area contributed by atoms with Crippen LogP contribution in [0.25, 0.3) is 0 Å². The zero-order valence-electron chi connectivity index (χ0n) is 7.86. The summed E-state index contributed by atoms with van der Waals surface area (Å²) in [5.74, 6) is 0.917. The average Bonchev–Trinajstić information content (AvgIpc) is 2.71. The molecule has 0 spiro atoms. The lowest BCUT2D eigenvalue weighted by molar-refractivity contribution is 0.410. The molecule has 0 fully saturated rings. The molecule has 0 saturated heterocycles. The Morgan fingerprint density at radius 2 is 2.29 bits per heavy atom. The number of benzene rings is 1. The monoisotopic (exact) mass is 204 g/mol. The largest absolute Gasteiger partial charge is 0.496 e. The number of aromatic nitrogens is 1. The second kappa shape index (κ2) is 4.24. The van der Waals surface area contributed by atoms with Gasteiger partial charge in [0, 0.05) is 17.4 Å². The minimum absolute atomic E-state index is 0.810. The van der Waals surface area contributed by atoms with Gasteiger partial charge in [0.1, 0.15) is 5.75 Å². The highest BCUT2D eigenvalue weighted by Crippen LogP contribution is 2.20. The van der Waals surface area contributed by atoms with E-state index in [4.69, 9.17) is 4.74 Å². The highest BCUT2D eigenvalue weighted by Gasteiger charge is 2.03. The van der Waals surface area contributed by atoms with Crippen LogP contribution in [0.15, 0.2) is 29.6 Å². The van der Waals surface area contributed by atoms with Crippen LogP contribution in [0.5, 0.6) is 5.75 Å². The molecule has 1 radical (unpaired) electrons. The molecule has 0 atom stereocenters. The minimum atomic E-state index is 0.810. The first-order chi connectivity index (χ1) is 6.90. The molecule has 0 unspecified atom stereocenters. The molecule has 0 aliphatic heterocycles. The quantitative estimate of drug-likeness (QED) is 0.766. The third kappa shape index (κ3) is 1.93. The standard InChI is InChI=1S/C11H10NOS/c1-13-11-5-3-2-4-9(11)6-10-7-14-8-12-10/h2-5,7H,6H2,1H3. The summed E-state index contributed by atoms with van der Waals surface area (Å²) in [7, 11) is 1.69. The molecule has 0 amide bonds. The number of nitrogens with zero attached hydrogens (tertiary/aromatic N) is 1. The van der Waals surface area contributed by atoms with Crippen LogP contribution >= 0.6 is 11.3 Å². The van der Waals surface area contributed by atoms with Crippen molar-refractivity contribution in [1.82, 2.24) is 4.98 Å². The van der Waals surface area contributed by atoms with E-state index in [-0.39, 0.29) is 0 Å². The lowest BCUT2D eigenvalue weighted by atomic mass is 10.1. The molecule has 0 saturated carbocycles. The van der Waals surface area contributed by atoms with Crippen molar-refractivity contribution < 1.29 is 4.74 Å². The zero-order chi connectivity index (χ0) is 9.80. The second-order valence-corrected chi connectivity index (χ2v) is 3.57. The van der Waals surface area contributed by atoms with Crippen LogP contribution in [0.1, 0.15) is 11.3 Å². The molecular formula is C11H10NOS. The van der Waals surface area contributed by atoms with E-state index in [1.807, 2.05) is 23.6 Å². The second-order valence-electron chi connectivity index (χ2n) is 2.92. The Hall–Kier alpha value is -1.35. The van der Waals surface area contributed by atoms with Gasteiger partial charge in [-0.15, -0.1) is 11.3 Å². The summed E-state index contributed by atoms with van der Waals surface area (Å²) < 4.78 is 5.26. The van der Waals surface area contributed by atoms with Crippen LogP contribution in [0, 0.1) is 5.51 Å². The Kier molecular flexibility index (Phi) is 2.79. The van der Waals surface area contributed by atoms with Crippen molar-refractivity contribution in [2.45, 2.75) is 6.42 Å². The van der Waals surface area contributed by atoms with E-state index in [0.29, 0.717) is 0 Å². The molecule has 1 heterocycles. The first-order valence-electron chi connectivity index (χ1n) is 4.32. The van der Waals surface area contributed by atoms with Crippen molar-refractivity contribution >= 4 is 11.3 Å². The number of thiazole rings is 1. The molecule has 2 rings (SSSR count). The number of ether oxygens (including phenoxy) is 1. The van der Waals surface area contributed by atoms with Crippen LogP contribution in [-0.2, 0) is 6.42 Å². The number of hydrogen-bond donors (Lipinski definition) is 0. The fraction of sp³-hybridized carbons (Fsp3) is 0.182. The molecular weight excluding hydrogens is 194 g/mol. The van der Waals surface area contributed by atoms with Gasteiger partial charge >= 0.3 is 0 Å². The summed E-state index contributed by atoms with van der Waals surface area (Å²) in [4.78, 5) is 4.12. The first kappa shape index (κ1) is 9.21. The van der Waals surface area contributed by atoms with Gasteiger partial charge in [-0.3, -0.25) is 0 Å². The Morgan fingerprint density at radius 3 is 3.00 bits per heavy atom. The topological polar surface area (TPSA) is 22.1 Å². The fourth-order valence-corrected chi connectivity index (χ4v) is 1.83.